The summed E-state index contributed by atoms with van der Waals surface area (Å²) < 4.78 is 0. The van der Waals surface area contributed by atoms with E-state index in [1.165, 1.54) is 0 Å². The SMILES string of the molecule is NNc1ccc(N(c2ccc(NN)cc2)c2ccc(NN)cc2)cc1. The van der Waals surface area contributed by atoms with Crippen molar-refractivity contribution in [2.75, 3.05) is 21.2 Å². The number of nitrogens with one attached hydrogen (secondary N) is 3. The second-order valence-electron chi connectivity index (χ2n) is 5.41. The third kappa shape index (κ3) is 3.64. The summed E-state index contributed by atoms with van der Waals surface area (Å²) >= 11 is 0. The van der Waals surface area contributed by atoms with E-state index in [-0.39, 0.29) is 0 Å². The van der Waals surface area contributed by atoms with Crippen LogP contribution >= 0.6 is 0 Å². The summed E-state index contributed by atoms with van der Waals surface area (Å²) in [6, 6.07) is 23.5. The number of hydrazine groups is 3. The van der Waals surface area contributed by atoms with Crippen LogP contribution in [0.5, 0.6) is 0 Å². The molecule has 3 rings (SSSR count). The van der Waals surface area contributed by atoms with Crippen LogP contribution in [-0.4, -0.2) is 0 Å². The third-order valence-electron chi connectivity index (χ3n) is 3.88. The molecule has 0 unspecified atom stereocenters. The first-order valence-electron chi connectivity index (χ1n) is 7.75. The summed E-state index contributed by atoms with van der Waals surface area (Å²) in [5, 5.41) is 0. The van der Waals surface area contributed by atoms with Gasteiger partial charge in [0.1, 0.15) is 0 Å². The molecule has 0 amide bonds. The van der Waals surface area contributed by atoms with E-state index in [2.05, 4.69) is 21.2 Å². The number of rotatable bonds is 6. The Balaban J connectivity index is 2.04. The van der Waals surface area contributed by atoms with Crippen LogP contribution in [0.3, 0.4) is 0 Å². The Morgan fingerprint density at radius 3 is 0.880 bits per heavy atom. The van der Waals surface area contributed by atoms with Crippen molar-refractivity contribution in [3.8, 4) is 0 Å². The predicted octanol–water partition coefficient (Wildman–Crippen LogP) is 3.01. The first-order chi connectivity index (χ1) is 12.2. The molecule has 3 aromatic rings. The van der Waals surface area contributed by atoms with Gasteiger partial charge in [0, 0.05) is 34.1 Å². The molecule has 0 fully saturated rings. The minimum absolute atomic E-state index is 0.842. The van der Waals surface area contributed by atoms with Crippen LogP contribution in [0.1, 0.15) is 0 Å². The van der Waals surface area contributed by atoms with Gasteiger partial charge in [0.2, 0.25) is 0 Å². The van der Waals surface area contributed by atoms with Gasteiger partial charge in [-0.25, -0.2) is 0 Å². The lowest BCUT2D eigenvalue weighted by molar-refractivity contribution is 1.26. The molecule has 0 bridgehead atoms. The second kappa shape index (κ2) is 7.54. The summed E-state index contributed by atoms with van der Waals surface area (Å²) in [5.74, 6) is 16.4. The molecule has 0 saturated heterocycles. The fourth-order valence-electron chi connectivity index (χ4n) is 2.57. The number of hydrogen-bond acceptors (Lipinski definition) is 7. The monoisotopic (exact) mass is 335 g/mol. The number of nitrogens with two attached hydrogens (primary N) is 3. The normalized spacial score (nSPS) is 10.2. The van der Waals surface area contributed by atoms with Crippen LogP contribution in [0.4, 0.5) is 34.1 Å². The standard InChI is InChI=1S/C18H21N7/c19-22-13-1-7-16(8-2-13)25(17-9-3-14(23-20)4-10-17)18-11-5-15(24-21)6-12-18/h1-12,22-24H,19-21H2. The molecule has 0 heterocycles. The van der Waals surface area contributed by atoms with Crippen LogP contribution in [0.2, 0.25) is 0 Å². The molecular formula is C18H21N7. The van der Waals surface area contributed by atoms with E-state index in [4.69, 9.17) is 17.5 Å². The highest BCUT2D eigenvalue weighted by Crippen LogP contribution is 2.35. The number of nitrogens with zero attached hydrogens (tertiary/aromatic N) is 1. The Labute approximate surface area is 146 Å². The van der Waals surface area contributed by atoms with Gasteiger partial charge in [0.15, 0.2) is 0 Å². The van der Waals surface area contributed by atoms with E-state index >= 15 is 0 Å². The van der Waals surface area contributed by atoms with Gasteiger partial charge < -0.3 is 21.2 Å². The molecule has 7 heteroatoms. The Hall–Kier alpha value is -3.26. The predicted molar refractivity (Wildman–Crippen MR) is 105 cm³/mol. The number of nitrogen functional groups attached to an aromatic ring is 3. The average Bonchev–Trinajstić information content (AvgIpc) is 2.70. The Morgan fingerprint density at radius 2 is 0.680 bits per heavy atom. The van der Waals surface area contributed by atoms with Crippen LogP contribution < -0.4 is 38.7 Å². The zero-order valence-electron chi connectivity index (χ0n) is 13.6. The van der Waals surface area contributed by atoms with E-state index in [0.717, 1.165) is 34.1 Å². The van der Waals surface area contributed by atoms with Gasteiger partial charge in [-0.15, -0.1) is 0 Å². The van der Waals surface area contributed by atoms with Gasteiger partial charge in [0.05, 0.1) is 0 Å². The van der Waals surface area contributed by atoms with Crippen molar-refractivity contribution < 1.29 is 0 Å². The van der Waals surface area contributed by atoms with Crippen molar-refractivity contribution in [1.29, 1.82) is 0 Å². The largest absolute Gasteiger partial charge is 0.324 e. The number of anilines is 6. The van der Waals surface area contributed by atoms with Gasteiger partial charge in [-0.05, 0) is 72.8 Å². The fraction of sp³-hybridized carbons (Fsp3) is 0. The van der Waals surface area contributed by atoms with E-state index in [9.17, 15) is 0 Å². The van der Waals surface area contributed by atoms with E-state index < -0.39 is 0 Å². The average molecular weight is 335 g/mol. The van der Waals surface area contributed by atoms with Gasteiger partial charge in [-0.3, -0.25) is 17.5 Å². The molecule has 0 aliphatic carbocycles. The maximum absolute atomic E-state index is 5.46. The zero-order chi connectivity index (χ0) is 17.6. The van der Waals surface area contributed by atoms with Gasteiger partial charge in [-0.2, -0.15) is 0 Å². The maximum Gasteiger partial charge on any atom is 0.0486 e. The molecule has 0 aliphatic heterocycles. The first kappa shape index (κ1) is 16.6. The van der Waals surface area contributed by atoms with Crippen molar-refractivity contribution in [2.45, 2.75) is 0 Å². The molecule has 0 spiro atoms. The smallest absolute Gasteiger partial charge is 0.0486 e. The lowest BCUT2D eigenvalue weighted by Gasteiger charge is -2.26. The molecular weight excluding hydrogens is 314 g/mol. The van der Waals surface area contributed by atoms with E-state index in [1.807, 2.05) is 72.8 Å². The Kier molecular flexibility index (Phi) is 5.00. The quantitative estimate of drug-likeness (QED) is 0.303. The molecule has 7 nitrogen and oxygen atoms in total. The minimum atomic E-state index is 0.842. The third-order valence-corrected chi connectivity index (χ3v) is 3.88. The summed E-state index contributed by atoms with van der Waals surface area (Å²) in [7, 11) is 0. The molecule has 3 aromatic carbocycles. The number of benzene rings is 3. The molecule has 0 radical (unpaired) electrons. The van der Waals surface area contributed by atoms with E-state index in [1.54, 1.807) is 0 Å². The van der Waals surface area contributed by atoms with Crippen molar-refractivity contribution in [3.63, 3.8) is 0 Å². The minimum Gasteiger partial charge on any atom is -0.324 e. The summed E-state index contributed by atoms with van der Waals surface area (Å²) in [5.41, 5.74) is 13.4. The van der Waals surface area contributed by atoms with Crippen molar-refractivity contribution in [1.82, 2.24) is 0 Å². The molecule has 0 saturated carbocycles. The summed E-state index contributed by atoms with van der Waals surface area (Å²) in [6.45, 7) is 0. The van der Waals surface area contributed by atoms with E-state index in [0.29, 0.717) is 0 Å². The lowest BCUT2D eigenvalue weighted by atomic mass is 10.1. The van der Waals surface area contributed by atoms with Crippen LogP contribution in [0.15, 0.2) is 72.8 Å². The fourth-order valence-corrected chi connectivity index (χ4v) is 2.57. The Bertz CT molecular complexity index is 685. The molecule has 128 valence electrons. The summed E-state index contributed by atoms with van der Waals surface area (Å²) in [6.07, 6.45) is 0. The Morgan fingerprint density at radius 1 is 0.440 bits per heavy atom. The van der Waals surface area contributed by atoms with Crippen molar-refractivity contribution in [2.24, 2.45) is 17.5 Å². The topological polar surface area (TPSA) is 117 Å². The number of hydrogen-bond donors (Lipinski definition) is 6. The molecule has 0 atom stereocenters. The van der Waals surface area contributed by atoms with Gasteiger partial charge in [-0.1, -0.05) is 0 Å². The van der Waals surface area contributed by atoms with Crippen LogP contribution in [0, 0.1) is 0 Å². The van der Waals surface area contributed by atoms with Gasteiger partial charge >= 0.3 is 0 Å². The van der Waals surface area contributed by atoms with Crippen molar-refractivity contribution >= 4 is 34.1 Å². The molecule has 0 aliphatic rings. The molecule has 25 heavy (non-hydrogen) atoms. The van der Waals surface area contributed by atoms with Gasteiger partial charge in [0.25, 0.3) is 0 Å². The lowest BCUT2D eigenvalue weighted by Crippen LogP contribution is -2.12. The van der Waals surface area contributed by atoms with Crippen LogP contribution in [-0.2, 0) is 0 Å². The molecule has 9 N–H and O–H groups in total. The first-order valence-corrected chi connectivity index (χ1v) is 7.75. The maximum atomic E-state index is 5.46. The van der Waals surface area contributed by atoms with Crippen molar-refractivity contribution in [3.05, 3.63) is 72.8 Å². The summed E-state index contributed by atoms with van der Waals surface area (Å²) in [4.78, 5) is 2.13. The zero-order valence-corrected chi connectivity index (χ0v) is 13.6. The molecule has 0 aromatic heterocycles. The highest BCUT2D eigenvalue weighted by Gasteiger charge is 2.12. The highest BCUT2D eigenvalue weighted by molar-refractivity contribution is 5.78. The van der Waals surface area contributed by atoms with Crippen LogP contribution in [0.25, 0.3) is 0 Å². The highest BCUT2D eigenvalue weighted by atomic mass is 15.2. The second-order valence-corrected chi connectivity index (χ2v) is 5.41.